The minimum Gasteiger partial charge on any atom is -0.264 e. The highest BCUT2D eigenvalue weighted by Crippen LogP contribution is 2.45. The molecule has 2 aliphatic carbocycles. The van der Waals surface area contributed by atoms with E-state index in [0.717, 1.165) is 131 Å². The first-order valence-corrected chi connectivity index (χ1v) is 26.0. The summed E-state index contributed by atoms with van der Waals surface area (Å²) in [4.78, 5) is 34.6. The van der Waals surface area contributed by atoms with Crippen molar-refractivity contribution < 1.29 is 0 Å². The van der Waals surface area contributed by atoms with Crippen LogP contribution in [0.15, 0.2) is 122 Å². The maximum atomic E-state index is 5.35. The molecule has 12 aromatic heterocycles. The Balaban J connectivity index is 0.814. The first-order chi connectivity index (χ1) is 34.3. The fourth-order valence-corrected chi connectivity index (χ4v) is 13.8. The highest BCUT2D eigenvalue weighted by Gasteiger charge is 2.33. The lowest BCUT2D eigenvalue weighted by Crippen LogP contribution is -2.09. The molecule has 14 rings (SSSR count). The Morgan fingerprint density at radius 1 is 0.571 bits per heavy atom. The van der Waals surface area contributed by atoms with Crippen LogP contribution in [-0.4, -0.2) is 59.2 Å². The van der Waals surface area contributed by atoms with Crippen LogP contribution in [0, 0.1) is 20.8 Å². The molecule has 1 unspecified atom stereocenters. The van der Waals surface area contributed by atoms with Gasteiger partial charge in [0.05, 0.1) is 48.8 Å². The molecular formula is C55H42N12S3. The lowest BCUT2D eigenvalue weighted by molar-refractivity contribution is 0.694. The monoisotopic (exact) mass is 966 g/mol. The molecule has 0 radical (unpaired) electrons. The lowest BCUT2D eigenvalue weighted by atomic mass is 9.95. The summed E-state index contributed by atoms with van der Waals surface area (Å²) >= 11 is 5.17. The van der Waals surface area contributed by atoms with Crippen LogP contribution >= 0.6 is 34.0 Å². The fraction of sp³-hybridized carbons (Fsp3) is 0.182. The summed E-state index contributed by atoms with van der Waals surface area (Å²) in [6.07, 6.45) is 12.9. The van der Waals surface area contributed by atoms with Crippen LogP contribution in [0.5, 0.6) is 0 Å². The van der Waals surface area contributed by atoms with Gasteiger partial charge in [0.2, 0.25) is 0 Å². The number of aromatic nitrogens is 12. The molecule has 0 N–H and O–H groups in total. The second-order valence-corrected chi connectivity index (χ2v) is 21.6. The zero-order chi connectivity index (χ0) is 46.6. The summed E-state index contributed by atoms with van der Waals surface area (Å²) < 4.78 is 7.36. The summed E-state index contributed by atoms with van der Waals surface area (Å²) in [6, 6.07) is 34.1. The molecule has 15 heteroatoms. The number of hydrogen-bond acceptors (Lipinski definition) is 12. The molecule has 70 heavy (non-hydrogen) atoms. The van der Waals surface area contributed by atoms with Crippen molar-refractivity contribution in [3.63, 3.8) is 0 Å². The molecular weight excluding hydrogens is 925 g/mol. The maximum absolute atomic E-state index is 5.35. The summed E-state index contributed by atoms with van der Waals surface area (Å²) in [6.45, 7) is 6.23. The number of nitrogens with zero attached hydrogens (tertiary/aromatic N) is 12. The van der Waals surface area contributed by atoms with Crippen molar-refractivity contribution in [2.24, 2.45) is 0 Å². The van der Waals surface area contributed by atoms with Gasteiger partial charge in [-0.15, -0.1) is 34.0 Å². The number of rotatable bonds is 9. The van der Waals surface area contributed by atoms with E-state index < -0.39 is 0 Å². The zero-order valence-electron chi connectivity index (χ0n) is 38.5. The Bertz CT molecular complexity index is 3950. The van der Waals surface area contributed by atoms with Crippen molar-refractivity contribution in [3.8, 4) is 49.2 Å². The van der Waals surface area contributed by atoms with Gasteiger partial charge >= 0.3 is 0 Å². The molecule has 12 heterocycles. The van der Waals surface area contributed by atoms with E-state index in [2.05, 4.69) is 106 Å². The van der Waals surface area contributed by atoms with Gasteiger partial charge < -0.3 is 0 Å². The molecule has 0 aliphatic heterocycles. The van der Waals surface area contributed by atoms with Gasteiger partial charge in [-0.3, -0.25) is 4.98 Å². The molecule has 340 valence electrons. The number of aryl methyl sites for hydroxylation is 4. The van der Waals surface area contributed by atoms with Gasteiger partial charge in [0.1, 0.15) is 9.66 Å². The number of thiophene rings is 3. The van der Waals surface area contributed by atoms with Crippen molar-refractivity contribution >= 4 is 64.5 Å². The Morgan fingerprint density at radius 2 is 1.31 bits per heavy atom. The van der Waals surface area contributed by atoms with Crippen molar-refractivity contribution in [1.82, 2.24) is 59.2 Å². The summed E-state index contributed by atoms with van der Waals surface area (Å²) in [5.74, 6) is 2.65. The van der Waals surface area contributed by atoms with Crippen LogP contribution in [0.25, 0.3) is 79.7 Å². The first kappa shape index (κ1) is 41.4. The minimum atomic E-state index is 0.228. The Labute approximate surface area is 414 Å². The van der Waals surface area contributed by atoms with Gasteiger partial charge in [0.25, 0.3) is 0 Å². The minimum absolute atomic E-state index is 0.228. The fourth-order valence-electron chi connectivity index (χ4n) is 10.6. The zero-order valence-corrected chi connectivity index (χ0v) is 40.9. The third-order valence-corrected chi connectivity index (χ3v) is 17.0. The second kappa shape index (κ2) is 16.3. The van der Waals surface area contributed by atoms with Crippen LogP contribution < -0.4 is 0 Å². The van der Waals surface area contributed by atoms with Gasteiger partial charge in [-0.05, 0) is 143 Å². The van der Waals surface area contributed by atoms with Crippen LogP contribution in [0.1, 0.15) is 68.8 Å². The maximum Gasteiger partial charge on any atom is 0.154 e. The molecule has 0 saturated carbocycles. The predicted molar refractivity (Wildman–Crippen MR) is 279 cm³/mol. The Kier molecular flexibility index (Phi) is 9.61. The molecule has 0 aromatic carbocycles. The summed E-state index contributed by atoms with van der Waals surface area (Å²) in [5.41, 5.74) is 14.3. The van der Waals surface area contributed by atoms with Gasteiger partial charge in [-0.25, -0.2) is 39.0 Å². The molecule has 0 bridgehead atoms. The van der Waals surface area contributed by atoms with E-state index in [1.807, 2.05) is 60.7 Å². The van der Waals surface area contributed by atoms with E-state index in [-0.39, 0.29) is 5.92 Å². The van der Waals surface area contributed by atoms with E-state index in [1.54, 1.807) is 34.0 Å². The summed E-state index contributed by atoms with van der Waals surface area (Å²) in [5, 5.41) is 19.2. The molecule has 12 nitrogen and oxygen atoms in total. The number of pyridine rings is 6. The average Bonchev–Trinajstić information content (AvgIpc) is 4.22. The molecule has 0 spiro atoms. The van der Waals surface area contributed by atoms with E-state index in [9.17, 15) is 0 Å². The summed E-state index contributed by atoms with van der Waals surface area (Å²) in [7, 11) is 0. The van der Waals surface area contributed by atoms with Gasteiger partial charge in [0, 0.05) is 80.3 Å². The third kappa shape index (κ3) is 7.01. The SMILES string of the molecule is Cc1cccc(-n2nc3c(c2-c2cc4cnccc4s2)CC(c2ccc(-n4nc(Cc5cc(C)nc(-n6nc7c(c6-c6cc8cccnc8s6)CCC7)c5)cc4-c4cc5cccnc5s4)nc2C)C3)n1. The van der Waals surface area contributed by atoms with Crippen LogP contribution in [0.3, 0.4) is 0 Å². The number of fused-ring (bicyclic) bond motifs is 5. The quantitative estimate of drug-likeness (QED) is 0.139. The van der Waals surface area contributed by atoms with Crippen molar-refractivity contribution in [2.75, 3.05) is 0 Å². The molecule has 0 fully saturated rings. The van der Waals surface area contributed by atoms with Crippen LogP contribution in [0.2, 0.25) is 0 Å². The standard InChI is InChI=1S/C55H42N12S3/c1-30-8-4-13-49(59-30)66-53(47-27-37-29-56-19-16-45(37)68-47)41-23-36(24-43(41)64-66)39-14-15-50(61-32(39)3)65-44(46-25-34-9-6-17-57-54(34)69-46)28-38(62-65)21-33-20-31(2)60-51(22-33)67-52(40-11-5-12-42(40)63-67)48-26-35-10-7-18-58-55(35)70-48/h4,6-10,13-20,22,25-29,36H,5,11-12,21,23-24H2,1-3H3. The van der Waals surface area contributed by atoms with Crippen molar-refractivity contribution in [2.45, 2.75) is 65.2 Å². The normalized spacial score (nSPS) is 14.4. The predicted octanol–water partition coefficient (Wildman–Crippen LogP) is 12.1. The van der Waals surface area contributed by atoms with Crippen LogP contribution in [0.4, 0.5) is 0 Å². The highest BCUT2D eigenvalue weighted by molar-refractivity contribution is 7.22. The van der Waals surface area contributed by atoms with Crippen molar-refractivity contribution in [1.29, 1.82) is 0 Å². The Hall–Kier alpha value is -7.59. The van der Waals surface area contributed by atoms with Gasteiger partial charge in [0.15, 0.2) is 17.5 Å². The molecule has 0 amide bonds. The topological polar surface area (TPSA) is 131 Å². The first-order valence-electron chi connectivity index (χ1n) is 23.6. The molecule has 0 saturated heterocycles. The average molecular weight is 967 g/mol. The van der Waals surface area contributed by atoms with Gasteiger partial charge in [-0.2, -0.15) is 15.3 Å². The van der Waals surface area contributed by atoms with E-state index in [1.165, 1.54) is 36.8 Å². The van der Waals surface area contributed by atoms with E-state index in [4.69, 9.17) is 35.2 Å². The molecule has 12 aromatic rings. The number of hydrogen-bond donors (Lipinski definition) is 0. The van der Waals surface area contributed by atoms with Crippen molar-refractivity contribution in [3.05, 3.63) is 178 Å². The highest BCUT2D eigenvalue weighted by atomic mass is 32.1. The lowest BCUT2D eigenvalue weighted by Gasteiger charge is -2.16. The van der Waals surface area contributed by atoms with E-state index >= 15 is 0 Å². The molecule has 2 aliphatic rings. The largest absolute Gasteiger partial charge is 0.264 e. The smallest absolute Gasteiger partial charge is 0.154 e. The van der Waals surface area contributed by atoms with E-state index in [0.29, 0.717) is 6.42 Å². The van der Waals surface area contributed by atoms with Gasteiger partial charge in [-0.1, -0.05) is 24.3 Å². The Morgan fingerprint density at radius 3 is 2.13 bits per heavy atom. The van der Waals surface area contributed by atoms with Crippen LogP contribution in [-0.2, 0) is 32.1 Å². The molecule has 1 atom stereocenters. The third-order valence-electron chi connectivity index (χ3n) is 13.7. The second-order valence-electron chi connectivity index (χ2n) is 18.4.